The lowest BCUT2D eigenvalue weighted by Crippen LogP contribution is -2.46. The molecule has 3 aromatic rings. The second-order valence-corrected chi connectivity index (χ2v) is 9.93. The summed E-state index contributed by atoms with van der Waals surface area (Å²) in [6, 6.07) is 16.1. The summed E-state index contributed by atoms with van der Waals surface area (Å²) in [5, 5.41) is 0.454. The Hall–Kier alpha value is -3.45. The van der Waals surface area contributed by atoms with E-state index in [9.17, 15) is 14.0 Å². The number of carbonyl (C=O) groups is 2. The number of piperidine rings is 1. The van der Waals surface area contributed by atoms with Gasteiger partial charge in [-0.1, -0.05) is 48.0 Å². The fourth-order valence-corrected chi connectivity index (χ4v) is 4.49. The molecule has 0 radical (unpaired) electrons. The van der Waals surface area contributed by atoms with Gasteiger partial charge in [0, 0.05) is 32.4 Å². The number of hydrogen-bond donors (Lipinski definition) is 0. The molecule has 1 aromatic heterocycles. The van der Waals surface area contributed by atoms with Crippen molar-refractivity contribution < 1.29 is 18.7 Å². The monoisotopic (exact) mass is 509 g/mol. The lowest BCUT2D eigenvalue weighted by Gasteiger charge is -2.38. The van der Waals surface area contributed by atoms with Crippen LogP contribution >= 0.6 is 11.6 Å². The average molecular weight is 510 g/mol. The Balaban J connectivity index is 1.44. The van der Waals surface area contributed by atoms with E-state index in [1.165, 1.54) is 12.3 Å². The van der Waals surface area contributed by atoms with Crippen molar-refractivity contribution in [3.8, 4) is 17.0 Å². The molecule has 0 bridgehead atoms. The maximum absolute atomic E-state index is 14.9. The van der Waals surface area contributed by atoms with Crippen LogP contribution in [0, 0.1) is 5.82 Å². The van der Waals surface area contributed by atoms with Crippen molar-refractivity contribution in [2.75, 3.05) is 25.0 Å². The van der Waals surface area contributed by atoms with E-state index in [0.717, 1.165) is 17.4 Å². The molecule has 1 aliphatic rings. The lowest BCUT2D eigenvalue weighted by molar-refractivity contribution is -0.119. The number of rotatable bonds is 7. The van der Waals surface area contributed by atoms with E-state index in [0.29, 0.717) is 42.5 Å². The Bertz CT molecular complexity index is 1240. The number of aldehydes is 1. The van der Waals surface area contributed by atoms with Gasteiger partial charge in [0.2, 0.25) is 5.88 Å². The zero-order valence-electron chi connectivity index (χ0n) is 20.6. The minimum absolute atomic E-state index is 0.0762. The quantitative estimate of drug-likeness (QED) is 0.386. The number of hydrogen-bond acceptors (Lipinski definition) is 5. The first-order chi connectivity index (χ1) is 17.2. The summed E-state index contributed by atoms with van der Waals surface area (Å²) in [7, 11) is 1.91. The highest BCUT2D eigenvalue weighted by molar-refractivity contribution is 6.30. The molecule has 0 aliphatic carbocycles. The molecule has 2 aromatic carbocycles. The van der Waals surface area contributed by atoms with Gasteiger partial charge in [-0.25, -0.2) is 9.37 Å². The minimum atomic E-state index is -1.04. The topological polar surface area (TPSA) is 62.7 Å². The second kappa shape index (κ2) is 10.7. The first kappa shape index (κ1) is 25.6. The van der Waals surface area contributed by atoms with Crippen LogP contribution in [0.15, 0.2) is 60.8 Å². The Morgan fingerprint density at radius 1 is 1.14 bits per heavy atom. The third-order valence-corrected chi connectivity index (χ3v) is 6.64. The van der Waals surface area contributed by atoms with Crippen LogP contribution in [0.3, 0.4) is 0 Å². The van der Waals surface area contributed by atoms with E-state index >= 15 is 0 Å². The molecule has 0 spiro atoms. The number of anilines is 1. The van der Waals surface area contributed by atoms with Crippen LogP contribution in [0.25, 0.3) is 11.1 Å². The van der Waals surface area contributed by atoms with Gasteiger partial charge in [0.1, 0.15) is 11.5 Å². The minimum Gasteiger partial charge on any atom is -0.462 e. The van der Waals surface area contributed by atoms with Crippen molar-refractivity contribution in [2.45, 2.75) is 38.3 Å². The van der Waals surface area contributed by atoms with Crippen LogP contribution in [0.4, 0.5) is 10.1 Å². The summed E-state index contributed by atoms with van der Waals surface area (Å²) >= 11 is 6.20. The van der Waals surface area contributed by atoms with Crippen molar-refractivity contribution in [1.82, 2.24) is 9.88 Å². The highest BCUT2D eigenvalue weighted by Gasteiger charge is 2.30. The smallest absolute Gasteiger partial charge is 0.256 e. The van der Waals surface area contributed by atoms with Crippen molar-refractivity contribution >= 4 is 29.5 Å². The van der Waals surface area contributed by atoms with Gasteiger partial charge < -0.3 is 14.5 Å². The summed E-state index contributed by atoms with van der Waals surface area (Å²) < 4.78 is 20.7. The van der Waals surface area contributed by atoms with Crippen LogP contribution in [0.2, 0.25) is 5.02 Å². The number of pyridine rings is 1. The largest absolute Gasteiger partial charge is 0.462 e. The molecule has 8 heteroatoms. The highest BCUT2D eigenvalue weighted by Crippen LogP contribution is 2.34. The molecule has 1 aliphatic heterocycles. The number of nitrogens with zero attached hydrogens (tertiary/aromatic N) is 3. The standard InChI is InChI=1S/C28H29ClFN3O3/c1-28(2,18-34)36-26-25(16-21(29)17-31-26)32(3)22-11-13-33(14-12-22)27(35)23-10-9-20(15-24(23)30)19-7-5-4-6-8-19/h4-10,15-18,22H,11-14H2,1-3H3. The molecule has 1 amide bonds. The normalized spacial score (nSPS) is 14.4. The van der Waals surface area contributed by atoms with Crippen molar-refractivity contribution in [3.05, 3.63) is 77.2 Å². The number of amides is 1. The van der Waals surface area contributed by atoms with Gasteiger partial charge in [-0.2, -0.15) is 0 Å². The summed E-state index contributed by atoms with van der Waals surface area (Å²) in [6.45, 7) is 4.29. The SMILES string of the molecule is CN(c1cc(Cl)cnc1OC(C)(C)C=O)C1CCN(C(=O)c2ccc(-c3ccccc3)cc2F)CC1. The zero-order chi connectivity index (χ0) is 25.9. The molecule has 188 valence electrons. The van der Waals surface area contributed by atoms with Crippen LogP contribution in [0.5, 0.6) is 5.88 Å². The van der Waals surface area contributed by atoms with E-state index in [2.05, 4.69) is 4.98 Å². The summed E-state index contributed by atoms with van der Waals surface area (Å²) in [5.74, 6) is -0.516. The van der Waals surface area contributed by atoms with Crippen molar-refractivity contribution in [3.63, 3.8) is 0 Å². The van der Waals surface area contributed by atoms with Gasteiger partial charge in [-0.15, -0.1) is 0 Å². The third kappa shape index (κ3) is 5.68. The number of likely N-dealkylation sites (tertiary alicyclic amines) is 1. The number of ether oxygens (including phenoxy) is 1. The van der Waals surface area contributed by atoms with E-state index in [1.54, 1.807) is 36.9 Å². The van der Waals surface area contributed by atoms with E-state index < -0.39 is 11.4 Å². The summed E-state index contributed by atoms with van der Waals surface area (Å²) in [4.78, 5) is 32.4. The maximum Gasteiger partial charge on any atom is 0.256 e. The molecule has 1 fully saturated rings. The number of carbonyl (C=O) groups excluding carboxylic acids is 2. The molecular weight excluding hydrogens is 481 g/mol. The average Bonchev–Trinajstić information content (AvgIpc) is 2.89. The van der Waals surface area contributed by atoms with Crippen LogP contribution in [0.1, 0.15) is 37.0 Å². The molecule has 36 heavy (non-hydrogen) atoms. The van der Waals surface area contributed by atoms with Gasteiger partial charge in [0.05, 0.1) is 10.6 Å². The molecule has 0 saturated carbocycles. The van der Waals surface area contributed by atoms with Crippen LogP contribution in [-0.2, 0) is 4.79 Å². The maximum atomic E-state index is 14.9. The number of benzene rings is 2. The molecule has 4 rings (SSSR count). The van der Waals surface area contributed by atoms with Crippen molar-refractivity contribution in [2.24, 2.45) is 0 Å². The molecule has 0 N–H and O–H groups in total. The fraction of sp³-hybridized carbons (Fsp3) is 0.321. The zero-order valence-corrected chi connectivity index (χ0v) is 21.3. The van der Waals surface area contributed by atoms with Gasteiger partial charge in [0.25, 0.3) is 5.91 Å². The first-order valence-electron chi connectivity index (χ1n) is 11.9. The van der Waals surface area contributed by atoms with Gasteiger partial charge in [0.15, 0.2) is 11.9 Å². The van der Waals surface area contributed by atoms with Crippen LogP contribution < -0.4 is 9.64 Å². The molecule has 2 heterocycles. The van der Waals surface area contributed by atoms with E-state index in [-0.39, 0.29) is 17.5 Å². The van der Waals surface area contributed by atoms with Gasteiger partial charge in [-0.05, 0) is 56.0 Å². The molecule has 0 unspecified atom stereocenters. The Labute approximate surface area is 215 Å². The Morgan fingerprint density at radius 3 is 2.47 bits per heavy atom. The predicted octanol–water partition coefficient (Wildman–Crippen LogP) is 5.64. The second-order valence-electron chi connectivity index (χ2n) is 9.50. The van der Waals surface area contributed by atoms with E-state index in [4.69, 9.17) is 16.3 Å². The number of aromatic nitrogens is 1. The summed E-state index contributed by atoms with van der Waals surface area (Å²) in [6.07, 6.45) is 3.56. The Kier molecular flexibility index (Phi) is 7.59. The van der Waals surface area contributed by atoms with Crippen LogP contribution in [-0.4, -0.2) is 53.9 Å². The third-order valence-electron chi connectivity index (χ3n) is 6.43. The number of halogens is 2. The molecule has 0 atom stereocenters. The Morgan fingerprint density at radius 2 is 1.83 bits per heavy atom. The first-order valence-corrected chi connectivity index (χ1v) is 12.2. The lowest BCUT2D eigenvalue weighted by atomic mass is 10.0. The molecular formula is C28H29ClFN3O3. The van der Waals surface area contributed by atoms with E-state index in [1.807, 2.05) is 42.3 Å². The molecule has 1 saturated heterocycles. The van der Waals surface area contributed by atoms with Gasteiger partial charge in [-0.3, -0.25) is 9.59 Å². The molecule has 6 nitrogen and oxygen atoms in total. The predicted molar refractivity (Wildman–Crippen MR) is 139 cm³/mol. The van der Waals surface area contributed by atoms with Gasteiger partial charge >= 0.3 is 0 Å². The summed E-state index contributed by atoms with van der Waals surface area (Å²) in [5.41, 5.74) is 1.34. The fourth-order valence-electron chi connectivity index (χ4n) is 4.34. The highest BCUT2D eigenvalue weighted by atomic mass is 35.5. The van der Waals surface area contributed by atoms with Crippen molar-refractivity contribution in [1.29, 1.82) is 0 Å².